The number of epoxide rings is 1. The van der Waals surface area contributed by atoms with E-state index >= 15 is 0 Å². The molecule has 1 saturated heterocycles. The van der Waals surface area contributed by atoms with Crippen molar-refractivity contribution in [3.05, 3.63) is 11.6 Å². The molecular weight excluding hydrogens is 371 g/mol. The number of hydrogen-bond donors (Lipinski definition) is 6. The maximum atomic E-state index is 12.4. The topological polar surface area (TPSA) is 202 Å². The Morgan fingerprint density at radius 2 is 2.23 bits per heavy atom. The molecule has 1 spiro atoms. The van der Waals surface area contributed by atoms with Gasteiger partial charge in [-0.1, -0.05) is 0 Å². The standard InChI is InChI=1S/C13H23N4O8P/c1-3-23-26(21,22)9-4-7(17-12(14)15)10(16-6(2)19)13(24-9)11(25-13)8(20)5-18/h4,7-8,10-11,18,20H,3,5H2,1-2H3,(H,16,19)(H,21,22)(H4,14,15,17)/t7-,8+,10+,11+,13-/m0/s1. The van der Waals surface area contributed by atoms with Gasteiger partial charge in [0.2, 0.25) is 11.4 Å². The van der Waals surface area contributed by atoms with Crippen LogP contribution in [0.5, 0.6) is 0 Å². The second kappa shape index (κ2) is 7.51. The van der Waals surface area contributed by atoms with Gasteiger partial charge in [-0.25, -0.2) is 4.99 Å². The van der Waals surface area contributed by atoms with E-state index in [1.54, 1.807) is 0 Å². The van der Waals surface area contributed by atoms with Gasteiger partial charge in [-0.05, 0) is 13.0 Å². The van der Waals surface area contributed by atoms with E-state index in [4.69, 9.17) is 30.6 Å². The van der Waals surface area contributed by atoms with Gasteiger partial charge in [-0.15, -0.1) is 0 Å². The van der Waals surface area contributed by atoms with Gasteiger partial charge in [0.25, 0.3) is 5.79 Å². The SMILES string of the molecule is CCOP(=O)(O)C1=C[C@H](N=C(N)N)[C@@H](NC(C)=O)[C@]2(O1)O[C@@H]2[C@H](O)CO. The van der Waals surface area contributed by atoms with Crippen molar-refractivity contribution in [3.63, 3.8) is 0 Å². The Bertz CT molecular complexity index is 667. The van der Waals surface area contributed by atoms with Crippen molar-refractivity contribution in [1.29, 1.82) is 0 Å². The third-order valence-electron chi connectivity index (χ3n) is 3.78. The molecule has 148 valence electrons. The summed E-state index contributed by atoms with van der Waals surface area (Å²) in [6.45, 7) is 2.02. The van der Waals surface area contributed by atoms with Crippen LogP contribution in [0.25, 0.3) is 0 Å². The van der Waals surface area contributed by atoms with E-state index in [1.165, 1.54) is 13.8 Å². The maximum Gasteiger partial charge on any atom is 0.392 e. The van der Waals surface area contributed by atoms with Crippen LogP contribution in [0.2, 0.25) is 0 Å². The molecule has 1 fully saturated rings. The van der Waals surface area contributed by atoms with E-state index < -0.39 is 55.7 Å². The Kier molecular flexibility index (Phi) is 5.95. The summed E-state index contributed by atoms with van der Waals surface area (Å²) in [5.74, 6) is -2.56. The number of amides is 1. The van der Waals surface area contributed by atoms with Gasteiger partial charge < -0.3 is 45.9 Å². The molecule has 26 heavy (non-hydrogen) atoms. The average Bonchev–Trinajstić information content (AvgIpc) is 3.23. The van der Waals surface area contributed by atoms with Gasteiger partial charge in [-0.2, -0.15) is 0 Å². The summed E-state index contributed by atoms with van der Waals surface area (Å²) in [5.41, 5.74) is 10.3. The molecule has 8 N–H and O–H groups in total. The van der Waals surface area contributed by atoms with Crippen molar-refractivity contribution >= 4 is 19.5 Å². The normalized spacial score (nSPS) is 33.4. The highest BCUT2D eigenvalue weighted by molar-refractivity contribution is 7.57. The lowest BCUT2D eigenvalue weighted by Gasteiger charge is -2.35. The van der Waals surface area contributed by atoms with Crippen molar-refractivity contribution < 1.29 is 38.5 Å². The summed E-state index contributed by atoms with van der Waals surface area (Å²) in [6, 6.07) is -2.07. The Hall–Kier alpha value is -1.69. The Labute approximate surface area is 149 Å². The zero-order valence-electron chi connectivity index (χ0n) is 14.2. The molecular formula is C13H23N4O8P. The zero-order valence-corrected chi connectivity index (χ0v) is 15.1. The van der Waals surface area contributed by atoms with E-state index in [0.29, 0.717) is 0 Å². The van der Waals surface area contributed by atoms with Crippen molar-refractivity contribution in [2.45, 2.75) is 43.9 Å². The van der Waals surface area contributed by atoms with Crippen LogP contribution in [0.1, 0.15) is 13.8 Å². The summed E-state index contributed by atoms with van der Waals surface area (Å²) in [6.07, 6.45) is -1.31. The number of rotatable bonds is 7. The molecule has 2 heterocycles. The molecule has 13 heteroatoms. The fraction of sp³-hybridized carbons (Fsp3) is 0.692. The molecule has 2 aliphatic rings. The Morgan fingerprint density at radius 3 is 2.73 bits per heavy atom. The number of nitrogens with two attached hydrogens (primary N) is 2. The van der Waals surface area contributed by atoms with Gasteiger partial charge in [0.15, 0.2) is 12.1 Å². The predicted octanol–water partition coefficient (Wildman–Crippen LogP) is -2.33. The number of nitrogens with zero attached hydrogens (tertiary/aromatic N) is 1. The molecule has 1 unspecified atom stereocenters. The lowest BCUT2D eigenvalue weighted by molar-refractivity contribution is -0.123. The first kappa shape index (κ1) is 20.6. The molecule has 6 atom stereocenters. The van der Waals surface area contributed by atoms with E-state index in [2.05, 4.69) is 10.3 Å². The summed E-state index contributed by atoms with van der Waals surface area (Å²) in [4.78, 5) is 25.6. The number of aliphatic hydroxyl groups is 2. The Morgan fingerprint density at radius 1 is 1.58 bits per heavy atom. The number of carbonyl (C=O) groups excluding carboxylic acids is 1. The van der Waals surface area contributed by atoms with Crippen LogP contribution in [0.4, 0.5) is 0 Å². The lowest BCUT2D eigenvalue weighted by atomic mass is 9.95. The minimum Gasteiger partial charge on any atom is -0.449 e. The van der Waals surface area contributed by atoms with Crippen LogP contribution in [0.3, 0.4) is 0 Å². The number of carbonyl (C=O) groups is 1. The van der Waals surface area contributed by atoms with Crippen LogP contribution < -0.4 is 16.8 Å². The summed E-state index contributed by atoms with van der Waals surface area (Å²) in [5, 5.41) is 21.6. The van der Waals surface area contributed by atoms with Crippen LogP contribution >= 0.6 is 7.60 Å². The van der Waals surface area contributed by atoms with Gasteiger partial charge >= 0.3 is 7.60 Å². The molecule has 0 aliphatic carbocycles. The molecule has 1 amide bonds. The molecule has 0 aromatic rings. The van der Waals surface area contributed by atoms with Crippen molar-refractivity contribution in [3.8, 4) is 0 Å². The van der Waals surface area contributed by atoms with E-state index in [-0.39, 0.29) is 12.6 Å². The van der Waals surface area contributed by atoms with Gasteiger partial charge in [0.05, 0.1) is 13.2 Å². The average molecular weight is 394 g/mol. The fourth-order valence-corrected chi connectivity index (χ4v) is 3.84. The number of hydrogen-bond acceptors (Lipinski definition) is 8. The quantitative estimate of drug-likeness (QED) is 0.118. The molecule has 0 radical (unpaired) electrons. The first-order chi connectivity index (χ1) is 12.1. The summed E-state index contributed by atoms with van der Waals surface area (Å²) < 4.78 is 28.1. The van der Waals surface area contributed by atoms with Crippen molar-refractivity contribution in [1.82, 2.24) is 5.32 Å². The maximum absolute atomic E-state index is 12.4. The van der Waals surface area contributed by atoms with Gasteiger partial charge in [-0.3, -0.25) is 9.36 Å². The third kappa shape index (κ3) is 4.00. The molecule has 2 rings (SSSR count). The molecule has 0 bridgehead atoms. The van der Waals surface area contributed by atoms with Crippen molar-refractivity contribution in [2.24, 2.45) is 16.5 Å². The summed E-state index contributed by atoms with van der Waals surface area (Å²) >= 11 is 0. The van der Waals surface area contributed by atoms with Crippen molar-refractivity contribution in [2.75, 3.05) is 13.2 Å². The number of aliphatic imine (C=N–C) groups is 1. The monoisotopic (exact) mass is 394 g/mol. The second-order valence-corrected chi connectivity index (χ2v) is 7.52. The molecule has 0 saturated carbocycles. The number of nitrogens with one attached hydrogen (secondary N) is 1. The highest BCUT2D eigenvalue weighted by Crippen LogP contribution is 2.59. The van der Waals surface area contributed by atoms with E-state index in [9.17, 15) is 19.4 Å². The fourth-order valence-electron chi connectivity index (χ4n) is 2.76. The molecule has 0 aromatic carbocycles. The van der Waals surface area contributed by atoms with E-state index in [1.807, 2.05) is 0 Å². The molecule has 0 aromatic heterocycles. The van der Waals surface area contributed by atoms with Crippen LogP contribution in [-0.2, 0) is 23.4 Å². The highest BCUT2D eigenvalue weighted by Gasteiger charge is 2.71. The third-order valence-corrected chi connectivity index (χ3v) is 5.18. The van der Waals surface area contributed by atoms with Crippen LogP contribution in [0.15, 0.2) is 16.6 Å². The number of guanidine groups is 1. The Balaban J connectivity index is 2.50. The van der Waals surface area contributed by atoms with Gasteiger partial charge in [0, 0.05) is 6.92 Å². The van der Waals surface area contributed by atoms with Gasteiger partial charge in [0.1, 0.15) is 18.2 Å². The number of aliphatic hydroxyl groups excluding tert-OH is 2. The molecule has 12 nitrogen and oxygen atoms in total. The minimum absolute atomic E-state index is 0.0763. The second-order valence-electron chi connectivity index (χ2n) is 5.78. The highest BCUT2D eigenvalue weighted by atomic mass is 31.2. The van der Waals surface area contributed by atoms with Crippen LogP contribution in [-0.4, -0.2) is 70.3 Å². The molecule has 2 aliphatic heterocycles. The zero-order chi connectivity index (χ0) is 19.7. The smallest absolute Gasteiger partial charge is 0.392 e. The lowest BCUT2D eigenvalue weighted by Crippen LogP contribution is -2.57. The largest absolute Gasteiger partial charge is 0.449 e. The first-order valence-corrected chi connectivity index (χ1v) is 9.36. The first-order valence-electron chi connectivity index (χ1n) is 7.78. The van der Waals surface area contributed by atoms with E-state index in [0.717, 1.165) is 6.08 Å². The predicted molar refractivity (Wildman–Crippen MR) is 88.5 cm³/mol. The number of ether oxygens (including phenoxy) is 2. The van der Waals surface area contributed by atoms with Crippen LogP contribution in [0, 0.1) is 0 Å². The summed E-state index contributed by atoms with van der Waals surface area (Å²) in [7, 11) is -4.36. The minimum atomic E-state index is -4.36.